The van der Waals surface area contributed by atoms with Crippen molar-refractivity contribution < 1.29 is 0 Å². The molecule has 0 aliphatic carbocycles. The zero-order valence-corrected chi connectivity index (χ0v) is 10.1. The maximum absolute atomic E-state index is 4.52. The summed E-state index contributed by atoms with van der Waals surface area (Å²) in [7, 11) is 1.92. The Bertz CT molecular complexity index is 408. The summed E-state index contributed by atoms with van der Waals surface area (Å²) in [5.41, 5.74) is 2.13. The third-order valence-corrected chi connectivity index (χ3v) is 3.68. The van der Waals surface area contributed by atoms with Crippen LogP contribution in [0.2, 0.25) is 0 Å². The summed E-state index contributed by atoms with van der Waals surface area (Å²) in [4.78, 5) is 7.66. The number of nitrogens with one attached hydrogen (secondary N) is 2. The highest BCUT2D eigenvalue weighted by molar-refractivity contribution is 9.11. The quantitative estimate of drug-likeness (QED) is 0.901. The number of aromatic nitrogens is 2. The van der Waals surface area contributed by atoms with Crippen molar-refractivity contribution in [1.82, 2.24) is 15.3 Å². The fourth-order valence-corrected chi connectivity index (χ4v) is 2.68. The summed E-state index contributed by atoms with van der Waals surface area (Å²) >= 11 is 5.15. The van der Waals surface area contributed by atoms with E-state index in [2.05, 4.69) is 31.2 Å². The lowest BCUT2D eigenvalue weighted by Crippen LogP contribution is -2.05. The lowest BCUT2D eigenvalue weighted by Gasteiger charge is -1.92. The highest BCUT2D eigenvalue weighted by atomic mass is 79.9. The number of H-pyrrole nitrogens is 1. The molecule has 0 saturated heterocycles. The molecule has 5 heteroatoms. The van der Waals surface area contributed by atoms with Crippen LogP contribution in [0, 0.1) is 0 Å². The Morgan fingerprint density at radius 2 is 2.50 bits per heavy atom. The van der Waals surface area contributed by atoms with Crippen molar-refractivity contribution >= 4 is 27.3 Å². The summed E-state index contributed by atoms with van der Waals surface area (Å²) in [5.74, 6) is 0. The first-order valence-corrected chi connectivity index (χ1v) is 5.86. The zero-order valence-electron chi connectivity index (χ0n) is 7.67. The Hall–Kier alpha value is -0.650. The van der Waals surface area contributed by atoms with E-state index in [0.717, 1.165) is 26.7 Å². The maximum Gasteiger partial charge on any atom is 0.141 e. The lowest BCUT2D eigenvalue weighted by molar-refractivity contribution is 0.795. The average Bonchev–Trinajstić information content (AvgIpc) is 2.76. The number of hydrogen-bond acceptors (Lipinski definition) is 3. The molecular formula is C9H10BrN3S. The zero-order chi connectivity index (χ0) is 9.97. The van der Waals surface area contributed by atoms with Crippen LogP contribution < -0.4 is 5.32 Å². The molecule has 0 spiro atoms. The van der Waals surface area contributed by atoms with Crippen molar-refractivity contribution in [2.75, 3.05) is 7.05 Å². The van der Waals surface area contributed by atoms with Crippen LogP contribution in [0.25, 0.3) is 10.7 Å². The normalized spacial score (nSPS) is 10.7. The molecule has 0 amide bonds. The van der Waals surface area contributed by atoms with Crippen molar-refractivity contribution in [2.45, 2.75) is 6.54 Å². The fourth-order valence-electron chi connectivity index (χ4n) is 1.19. The Kier molecular flexibility index (Phi) is 3.00. The van der Waals surface area contributed by atoms with Crippen LogP contribution in [-0.2, 0) is 6.54 Å². The monoisotopic (exact) mass is 271 g/mol. The van der Waals surface area contributed by atoms with Gasteiger partial charge in [-0.25, -0.2) is 4.98 Å². The number of aromatic amines is 1. The molecule has 14 heavy (non-hydrogen) atoms. The summed E-state index contributed by atoms with van der Waals surface area (Å²) < 4.78 is 1.09. The summed E-state index contributed by atoms with van der Waals surface area (Å²) in [6, 6.07) is 4.00. The molecule has 0 radical (unpaired) electrons. The molecule has 2 aromatic rings. The van der Waals surface area contributed by atoms with E-state index in [-0.39, 0.29) is 0 Å². The van der Waals surface area contributed by atoms with Crippen LogP contribution in [0.15, 0.2) is 22.1 Å². The third kappa shape index (κ3) is 1.89. The number of thiazole rings is 1. The summed E-state index contributed by atoms with van der Waals surface area (Å²) in [6.45, 7) is 0.789. The van der Waals surface area contributed by atoms with Gasteiger partial charge in [0, 0.05) is 12.7 Å². The van der Waals surface area contributed by atoms with Gasteiger partial charge in [-0.05, 0) is 35.1 Å². The minimum Gasteiger partial charge on any atom is -0.359 e. The van der Waals surface area contributed by atoms with Crippen LogP contribution in [0.1, 0.15) is 5.69 Å². The molecule has 2 aromatic heterocycles. The second-order valence-corrected chi connectivity index (χ2v) is 5.17. The van der Waals surface area contributed by atoms with Gasteiger partial charge < -0.3 is 10.3 Å². The molecule has 0 fully saturated rings. The summed E-state index contributed by atoms with van der Waals surface area (Å²) in [6.07, 6.45) is 1.91. The van der Waals surface area contributed by atoms with Gasteiger partial charge in [-0.2, -0.15) is 0 Å². The lowest BCUT2D eigenvalue weighted by atomic mass is 10.4. The van der Waals surface area contributed by atoms with Crippen molar-refractivity contribution in [2.24, 2.45) is 0 Å². The highest BCUT2D eigenvalue weighted by Gasteiger charge is 2.09. The van der Waals surface area contributed by atoms with Gasteiger partial charge in [-0.1, -0.05) is 0 Å². The minimum atomic E-state index is 0.789. The molecule has 2 rings (SSSR count). The Morgan fingerprint density at radius 3 is 3.14 bits per heavy atom. The van der Waals surface area contributed by atoms with E-state index in [1.54, 1.807) is 11.3 Å². The van der Waals surface area contributed by atoms with E-state index in [0.29, 0.717) is 0 Å². The van der Waals surface area contributed by atoms with Gasteiger partial charge in [-0.3, -0.25) is 0 Å². The van der Waals surface area contributed by atoms with E-state index in [4.69, 9.17) is 0 Å². The molecule has 0 aromatic carbocycles. The minimum absolute atomic E-state index is 0.789. The molecule has 0 atom stereocenters. The molecule has 0 aliphatic rings. The van der Waals surface area contributed by atoms with Gasteiger partial charge >= 0.3 is 0 Å². The summed E-state index contributed by atoms with van der Waals surface area (Å²) in [5, 5.41) is 4.11. The van der Waals surface area contributed by atoms with Gasteiger partial charge in [0.1, 0.15) is 5.01 Å². The third-order valence-electron chi connectivity index (χ3n) is 1.82. The standard InChI is InChI=1S/C9H10BrN3S/c1-11-5-7-8(10)14-9(13-7)6-3-2-4-12-6/h2-4,11-12H,5H2,1H3. The first-order valence-electron chi connectivity index (χ1n) is 4.25. The molecular weight excluding hydrogens is 262 g/mol. The molecule has 2 N–H and O–H groups in total. The second-order valence-electron chi connectivity index (χ2n) is 2.85. The van der Waals surface area contributed by atoms with E-state index < -0.39 is 0 Å². The molecule has 0 saturated carbocycles. The first kappa shape index (κ1) is 9.89. The van der Waals surface area contributed by atoms with Crippen LogP contribution in [0.4, 0.5) is 0 Å². The molecule has 2 heterocycles. The van der Waals surface area contributed by atoms with Gasteiger partial charge in [-0.15, -0.1) is 11.3 Å². The van der Waals surface area contributed by atoms with E-state index in [1.807, 2.05) is 25.4 Å². The maximum atomic E-state index is 4.52. The van der Waals surface area contributed by atoms with Crippen molar-refractivity contribution in [3.8, 4) is 10.7 Å². The second kappa shape index (κ2) is 4.25. The Labute approximate surface area is 94.7 Å². The highest BCUT2D eigenvalue weighted by Crippen LogP contribution is 2.30. The van der Waals surface area contributed by atoms with Gasteiger partial charge in [0.05, 0.1) is 15.2 Å². The largest absolute Gasteiger partial charge is 0.359 e. The van der Waals surface area contributed by atoms with Crippen molar-refractivity contribution in [3.05, 3.63) is 27.8 Å². The molecule has 74 valence electrons. The predicted molar refractivity (Wildman–Crippen MR) is 62.4 cm³/mol. The van der Waals surface area contributed by atoms with Gasteiger partial charge in [0.25, 0.3) is 0 Å². The van der Waals surface area contributed by atoms with Crippen LogP contribution >= 0.6 is 27.3 Å². The Balaban J connectivity index is 2.33. The molecule has 0 unspecified atom stereocenters. The van der Waals surface area contributed by atoms with E-state index in [9.17, 15) is 0 Å². The van der Waals surface area contributed by atoms with Crippen LogP contribution in [0.3, 0.4) is 0 Å². The molecule has 0 aliphatic heterocycles. The van der Waals surface area contributed by atoms with Crippen LogP contribution in [0.5, 0.6) is 0 Å². The van der Waals surface area contributed by atoms with Gasteiger partial charge in [0.2, 0.25) is 0 Å². The van der Waals surface area contributed by atoms with Gasteiger partial charge in [0.15, 0.2) is 0 Å². The van der Waals surface area contributed by atoms with E-state index in [1.165, 1.54) is 0 Å². The average molecular weight is 272 g/mol. The Morgan fingerprint density at radius 1 is 1.64 bits per heavy atom. The first-order chi connectivity index (χ1) is 6.81. The van der Waals surface area contributed by atoms with E-state index >= 15 is 0 Å². The number of rotatable bonds is 3. The number of halogens is 1. The smallest absolute Gasteiger partial charge is 0.141 e. The number of nitrogens with zero attached hydrogens (tertiary/aromatic N) is 1. The van der Waals surface area contributed by atoms with Crippen molar-refractivity contribution in [1.29, 1.82) is 0 Å². The molecule has 3 nitrogen and oxygen atoms in total. The fraction of sp³-hybridized carbons (Fsp3) is 0.222. The van der Waals surface area contributed by atoms with Crippen LogP contribution in [-0.4, -0.2) is 17.0 Å². The van der Waals surface area contributed by atoms with Crippen molar-refractivity contribution in [3.63, 3.8) is 0 Å². The molecule has 0 bridgehead atoms. The number of hydrogen-bond donors (Lipinski definition) is 2. The predicted octanol–water partition coefficient (Wildman–Crippen LogP) is 2.62. The SMILES string of the molecule is CNCc1nc(-c2ccc[nH]2)sc1Br. The topological polar surface area (TPSA) is 40.7 Å².